The van der Waals surface area contributed by atoms with Crippen molar-refractivity contribution in [3.63, 3.8) is 0 Å². The second kappa shape index (κ2) is 8.78. The fourth-order valence-corrected chi connectivity index (χ4v) is 4.39. The van der Waals surface area contributed by atoms with E-state index in [2.05, 4.69) is 0 Å². The molecule has 0 saturated heterocycles. The van der Waals surface area contributed by atoms with Gasteiger partial charge in [0.15, 0.2) is 5.16 Å². The van der Waals surface area contributed by atoms with Crippen molar-refractivity contribution < 1.29 is 4.79 Å². The third-order valence-corrected chi connectivity index (χ3v) is 6.18. The molecule has 1 unspecified atom stereocenters. The summed E-state index contributed by atoms with van der Waals surface area (Å²) >= 11 is 1.29. The number of nitrogens with zero attached hydrogens (tertiary/aromatic N) is 3. The molecule has 4 aromatic rings. The molecule has 1 atom stereocenters. The summed E-state index contributed by atoms with van der Waals surface area (Å²) in [6.07, 6.45) is 0. The Hall–Kier alpha value is -3.38. The minimum Gasteiger partial charge on any atom is -0.315 e. The van der Waals surface area contributed by atoms with Crippen molar-refractivity contribution in [2.24, 2.45) is 0 Å². The van der Waals surface area contributed by atoms with E-state index in [1.165, 1.54) is 11.8 Å². The van der Waals surface area contributed by atoms with Crippen LogP contribution >= 0.6 is 11.8 Å². The lowest BCUT2D eigenvalue weighted by molar-refractivity contribution is -0.117. The molecule has 0 fully saturated rings. The lowest BCUT2D eigenvalue weighted by Crippen LogP contribution is -2.33. The Balaban J connectivity index is 1.75. The lowest BCUT2D eigenvalue weighted by Gasteiger charge is -2.22. The normalized spacial score (nSPS) is 12.0. The van der Waals surface area contributed by atoms with E-state index in [0.717, 1.165) is 16.9 Å². The fraction of sp³-hybridized carbons (Fsp3) is 0.160. The zero-order valence-electron chi connectivity index (χ0n) is 17.6. The van der Waals surface area contributed by atoms with Gasteiger partial charge in [0.05, 0.1) is 21.8 Å². The Morgan fingerprint density at radius 3 is 2.32 bits per heavy atom. The first-order valence-electron chi connectivity index (χ1n) is 10.0. The number of thioether (sulfide) groups is 1. The highest BCUT2D eigenvalue weighted by molar-refractivity contribution is 8.00. The van der Waals surface area contributed by atoms with Gasteiger partial charge in [0, 0.05) is 12.7 Å². The molecule has 0 spiro atoms. The molecule has 31 heavy (non-hydrogen) atoms. The molecule has 6 heteroatoms. The Morgan fingerprint density at radius 2 is 1.61 bits per heavy atom. The highest BCUT2D eigenvalue weighted by atomic mass is 32.2. The van der Waals surface area contributed by atoms with E-state index in [4.69, 9.17) is 4.98 Å². The number of para-hydroxylation sites is 2. The zero-order valence-corrected chi connectivity index (χ0v) is 18.5. The van der Waals surface area contributed by atoms with Crippen LogP contribution in [0, 0.1) is 6.92 Å². The molecule has 1 heterocycles. The maximum atomic E-state index is 13.4. The Bertz CT molecular complexity index is 1280. The zero-order chi connectivity index (χ0) is 22.0. The van der Waals surface area contributed by atoms with E-state index in [-0.39, 0.29) is 11.5 Å². The van der Waals surface area contributed by atoms with Gasteiger partial charge >= 0.3 is 0 Å². The van der Waals surface area contributed by atoms with Gasteiger partial charge in [0.2, 0.25) is 5.91 Å². The van der Waals surface area contributed by atoms with Crippen LogP contribution in [-0.2, 0) is 4.79 Å². The first-order chi connectivity index (χ1) is 15.0. The average Bonchev–Trinajstić information content (AvgIpc) is 2.80. The van der Waals surface area contributed by atoms with E-state index >= 15 is 0 Å². The smallest absolute Gasteiger partial charge is 0.266 e. The molecule has 3 aromatic carbocycles. The average molecular weight is 430 g/mol. The van der Waals surface area contributed by atoms with Crippen LogP contribution in [0.2, 0.25) is 0 Å². The maximum Gasteiger partial charge on any atom is 0.266 e. The number of amides is 1. The molecule has 0 radical (unpaired) electrons. The topological polar surface area (TPSA) is 55.2 Å². The van der Waals surface area contributed by atoms with Crippen molar-refractivity contribution in [1.29, 1.82) is 0 Å². The standard InChI is InChI=1S/C25H23N3O2S/c1-17-13-15-20(16-14-17)28-24(30)21-11-7-8-12-22(21)26-25(28)31-18(2)23(29)27(3)19-9-5-4-6-10-19/h4-16,18H,1-3H3. The number of hydrogen-bond acceptors (Lipinski definition) is 4. The Kier molecular flexibility index (Phi) is 5.91. The van der Waals surface area contributed by atoms with E-state index in [1.807, 2.05) is 86.6 Å². The second-order valence-corrected chi connectivity index (χ2v) is 8.69. The van der Waals surface area contributed by atoms with Gasteiger partial charge in [-0.2, -0.15) is 0 Å². The molecule has 1 amide bonds. The van der Waals surface area contributed by atoms with Crippen LogP contribution in [0.4, 0.5) is 5.69 Å². The molecule has 0 N–H and O–H groups in total. The predicted octanol–water partition coefficient (Wildman–Crippen LogP) is 4.84. The predicted molar refractivity (Wildman–Crippen MR) is 127 cm³/mol. The first kappa shape index (κ1) is 20.9. The SMILES string of the molecule is Cc1ccc(-n2c(SC(C)C(=O)N(C)c3ccccc3)nc3ccccc3c2=O)cc1. The van der Waals surface area contributed by atoms with Crippen molar-refractivity contribution in [3.05, 3.63) is 94.8 Å². The number of carbonyl (C=O) groups excluding carboxylic acids is 1. The van der Waals surface area contributed by atoms with E-state index < -0.39 is 5.25 Å². The summed E-state index contributed by atoms with van der Waals surface area (Å²) in [6.45, 7) is 3.84. The van der Waals surface area contributed by atoms with Gasteiger partial charge in [0.25, 0.3) is 5.56 Å². The number of fused-ring (bicyclic) bond motifs is 1. The highest BCUT2D eigenvalue weighted by Crippen LogP contribution is 2.27. The van der Waals surface area contributed by atoms with Crippen molar-refractivity contribution >= 4 is 34.3 Å². The number of aromatic nitrogens is 2. The number of aryl methyl sites for hydroxylation is 1. The monoisotopic (exact) mass is 429 g/mol. The summed E-state index contributed by atoms with van der Waals surface area (Å²) in [5.74, 6) is -0.0611. The first-order valence-corrected chi connectivity index (χ1v) is 10.9. The molecule has 4 rings (SSSR count). The van der Waals surface area contributed by atoms with Gasteiger partial charge in [-0.05, 0) is 50.2 Å². The van der Waals surface area contributed by atoms with Crippen LogP contribution in [0.3, 0.4) is 0 Å². The second-order valence-electron chi connectivity index (χ2n) is 7.38. The number of carbonyl (C=O) groups is 1. The van der Waals surface area contributed by atoms with Gasteiger partial charge in [-0.25, -0.2) is 4.98 Å². The third-order valence-electron chi connectivity index (χ3n) is 5.14. The lowest BCUT2D eigenvalue weighted by atomic mass is 10.2. The number of benzene rings is 3. The minimum absolute atomic E-state index is 0.0611. The molecule has 0 aliphatic heterocycles. The van der Waals surface area contributed by atoms with Crippen LogP contribution < -0.4 is 10.5 Å². The molecule has 156 valence electrons. The van der Waals surface area contributed by atoms with Gasteiger partial charge in [-0.1, -0.05) is 59.8 Å². The molecule has 0 aliphatic carbocycles. The Labute approximate surface area is 185 Å². The van der Waals surface area contributed by atoms with Crippen molar-refractivity contribution in [2.45, 2.75) is 24.3 Å². The van der Waals surface area contributed by atoms with Gasteiger partial charge < -0.3 is 4.90 Å². The van der Waals surface area contributed by atoms with E-state index in [0.29, 0.717) is 16.1 Å². The van der Waals surface area contributed by atoms with E-state index in [9.17, 15) is 9.59 Å². The molecule has 0 bridgehead atoms. The molecule has 1 aromatic heterocycles. The van der Waals surface area contributed by atoms with Crippen molar-refractivity contribution in [3.8, 4) is 5.69 Å². The summed E-state index contributed by atoms with van der Waals surface area (Å²) in [6, 6.07) is 24.5. The molecule has 5 nitrogen and oxygen atoms in total. The largest absolute Gasteiger partial charge is 0.315 e. The minimum atomic E-state index is -0.435. The summed E-state index contributed by atoms with van der Waals surface area (Å²) in [7, 11) is 1.76. The van der Waals surface area contributed by atoms with Crippen molar-refractivity contribution in [1.82, 2.24) is 9.55 Å². The number of anilines is 1. The number of rotatable bonds is 5. The van der Waals surface area contributed by atoms with Crippen LogP contribution in [0.5, 0.6) is 0 Å². The van der Waals surface area contributed by atoms with Crippen molar-refractivity contribution in [2.75, 3.05) is 11.9 Å². The summed E-state index contributed by atoms with van der Waals surface area (Å²) < 4.78 is 1.60. The third kappa shape index (κ3) is 4.25. The van der Waals surface area contributed by atoms with Crippen LogP contribution in [-0.4, -0.2) is 27.8 Å². The highest BCUT2D eigenvalue weighted by Gasteiger charge is 2.23. The summed E-state index contributed by atoms with van der Waals surface area (Å²) in [5, 5.41) is 0.609. The Morgan fingerprint density at radius 1 is 0.968 bits per heavy atom. The number of hydrogen-bond donors (Lipinski definition) is 0. The molecule has 0 saturated carbocycles. The molecule has 0 aliphatic rings. The van der Waals surface area contributed by atoms with Crippen LogP contribution in [0.25, 0.3) is 16.6 Å². The van der Waals surface area contributed by atoms with Gasteiger partial charge in [-0.15, -0.1) is 0 Å². The van der Waals surface area contributed by atoms with Crippen LogP contribution in [0.1, 0.15) is 12.5 Å². The summed E-state index contributed by atoms with van der Waals surface area (Å²) in [5.41, 5.74) is 3.13. The summed E-state index contributed by atoms with van der Waals surface area (Å²) in [4.78, 5) is 32.8. The van der Waals surface area contributed by atoms with Crippen LogP contribution in [0.15, 0.2) is 88.8 Å². The maximum absolute atomic E-state index is 13.4. The molecular weight excluding hydrogens is 406 g/mol. The van der Waals surface area contributed by atoms with E-state index in [1.54, 1.807) is 22.6 Å². The quantitative estimate of drug-likeness (QED) is 0.337. The fourth-order valence-electron chi connectivity index (χ4n) is 3.37. The molecular formula is C25H23N3O2S. The van der Waals surface area contributed by atoms with Gasteiger partial charge in [0.1, 0.15) is 0 Å². The van der Waals surface area contributed by atoms with Gasteiger partial charge in [-0.3, -0.25) is 14.2 Å².